The van der Waals surface area contributed by atoms with Crippen LogP contribution in [0.1, 0.15) is 10.4 Å². The number of hydrogen-bond donors (Lipinski definition) is 2. The Bertz CT molecular complexity index is 780. The highest BCUT2D eigenvalue weighted by atomic mass is 32.1. The van der Waals surface area contributed by atoms with Crippen LogP contribution in [0.5, 0.6) is 0 Å². The number of thiophene rings is 1. The van der Waals surface area contributed by atoms with E-state index in [9.17, 15) is 0 Å². The van der Waals surface area contributed by atoms with Gasteiger partial charge in [-0.25, -0.2) is 4.98 Å². The van der Waals surface area contributed by atoms with Crippen molar-refractivity contribution in [2.75, 3.05) is 11.9 Å². The minimum atomic E-state index is 0.0429. The number of fused-ring (bicyclic) bond motifs is 1. The molecular formula is C16H16N4S. The van der Waals surface area contributed by atoms with Crippen LogP contribution in [0.2, 0.25) is 0 Å². The molecule has 0 fully saturated rings. The third kappa shape index (κ3) is 2.73. The predicted molar refractivity (Wildman–Crippen MR) is 89.2 cm³/mol. The summed E-state index contributed by atoms with van der Waals surface area (Å²) < 4.78 is 0. The van der Waals surface area contributed by atoms with E-state index < -0.39 is 0 Å². The molecule has 3 aromatic rings. The van der Waals surface area contributed by atoms with Crippen LogP contribution in [0, 0.1) is 5.41 Å². The van der Waals surface area contributed by atoms with E-state index in [0.29, 0.717) is 5.56 Å². The zero-order chi connectivity index (χ0) is 14.8. The summed E-state index contributed by atoms with van der Waals surface area (Å²) in [6.07, 6.45) is 0. The van der Waals surface area contributed by atoms with Crippen LogP contribution in [-0.4, -0.2) is 17.9 Å². The standard InChI is InChI=1S/C16H16N4S/c1-20(10-12-6-4-8-21-12)16-13(15(17)18)9-11-5-2-3-7-14(11)19-16/h2-9H,10H2,1H3,(H3,17,18). The van der Waals surface area contributed by atoms with Gasteiger partial charge in [0.05, 0.1) is 17.6 Å². The average Bonchev–Trinajstić information content (AvgIpc) is 2.98. The van der Waals surface area contributed by atoms with E-state index in [4.69, 9.17) is 11.1 Å². The molecule has 1 aromatic carbocycles. The largest absolute Gasteiger partial charge is 0.384 e. The van der Waals surface area contributed by atoms with Gasteiger partial charge in [-0.3, -0.25) is 5.41 Å². The fraction of sp³-hybridized carbons (Fsp3) is 0.125. The Labute approximate surface area is 127 Å². The van der Waals surface area contributed by atoms with Gasteiger partial charge in [-0.1, -0.05) is 24.3 Å². The van der Waals surface area contributed by atoms with Crippen LogP contribution in [0.15, 0.2) is 47.8 Å². The van der Waals surface area contributed by atoms with Gasteiger partial charge in [0.15, 0.2) is 0 Å². The lowest BCUT2D eigenvalue weighted by Crippen LogP contribution is -2.23. The first-order valence-electron chi connectivity index (χ1n) is 6.63. The van der Waals surface area contributed by atoms with Crippen molar-refractivity contribution in [3.63, 3.8) is 0 Å². The van der Waals surface area contributed by atoms with Gasteiger partial charge in [0.25, 0.3) is 0 Å². The van der Waals surface area contributed by atoms with Gasteiger partial charge < -0.3 is 10.6 Å². The Morgan fingerprint density at radius 2 is 2.10 bits per heavy atom. The Hall–Kier alpha value is -2.40. The number of hydrogen-bond acceptors (Lipinski definition) is 4. The molecule has 2 aromatic heterocycles. The van der Waals surface area contributed by atoms with Gasteiger partial charge in [-0.15, -0.1) is 11.3 Å². The summed E-state index contributed by atoms with van der Waals surface area (Å²) in [4.78, 5) is 7.98. The number of para-hydroxylation sites is 1. The molecule has 4 nitrogen and oxygen atoms in total. The molecule has 0 unspecified atom stereocenters. The third-order valence-corrected chi connectivity index (χ3v) is 4.19. The topological polar surface area (TPSA) is 66.0 Å². The van der Waals surface area contributed by atoms with E-state index >= 15 is 0 Å². The van der Waals surface area contributed by atoms with E-state index in [0.717, 1.165) is 23.3 Å². The van der Waals surface area contributed by atoms with E-state index in [-0.39, 0.29) is 5.84 Å². The summed E-state index contributed by atoms with van der Waals surface area (Å²) >= 11 is 1.71. The molecule has 5 heteroatoms. The second-order valence-electron chi connectivity index (χ2n) is 4.90. The van der Waals surface area contributed by atoms with Gasteiger partial charge >= 0.3 is 0 Å². The number of benzene rings is 1. The first kappa shape index (κ1) is 13.6. The first-order chi connectivity index (χ1) is 10.1. The quantitative estimate of drug-likeness (QED) is 0.574. The molecule has 0 amide bonds. The van der Waals surface area contributed by atoms with Crippen molar-refractivity contribution >= 4 is 33.9 Å². The number of nitrogens with two attached hydrogens (primary N) is 1. The number of aromatic nitrogens is 1. The predicted octanol–water partition coefficient (Wildman–Crippen LogP) is 3.22. The Morgan fingerprint density at radius 1 is 1.29 bits per heavy atom. The van der Waals surface area contributed by atoms with Crippen LogP contribution >= 0.6 is 11.3 Å². The third-order valence-electron chi connectivity index (χ3n) is 3.33. The summed E-state index contributed by atoms with van der Waals surface area (Å²) in [7, 11) is 1.98. The van der Waals surface area contributed by atoms with Crippen molar-refractivity contribution in [1.82, 2.24) is 4.98 Å². The second kappa shape index (κ2) is 5.54. The number of nitrogens with zero attached hydrogens (tertiary/aromatic N) is 2. The second-order valence-corrected chi connectivity index (χ2v) is 5.93. The molecule has 2 heterocycles. The number of anilines is 1. The number of amidine groups is 1. The smallest absolute Gasteiger partial charge is 0.140 e. The molecule has 0 aliphatic carbocycles. The van der Waals surface area contributed by atoms with E-state index in [1.54, 1.807) is 11.3 Å². The maximum absolute atomic E-state index is 7.81. The normalized spacial score (nSPS) is 10.7. The summed E-state index contributed by atoms with van der Waals surface area (Å²) in [5.74, 6) is 0.788. The van der Waals surface area contributed by atoms with Gasteiger partial charge in [0.1, 0.15) is 11.7 Å². The lowest BCUT2D eigenvalue weighted by molar-refractivity contribution is 0.915. The fourth-order valence-corrected chi connectivity index (χ4v) is 3.06. The molecule has 0 aliphatic heterocycles. The first-order valence-corrected chi connectivity index (χ1v) is 7.51. The zero-order valence-corrected chi connectivity index (χ0v) is 12.5. The lowest BCUT2D eigenvalue weighted by Gasteiger charge is -2.21. The van der Waals surface area contributed by atoms with Crippen molar-refractivity contribution < 1.29 is 0 Å². The van der Waals surface area contributed by atoms with E-state index in [2.05, 4.69) is 16.4 Å². The molecule has 106 valence electrons. The Kier molecular flexibility index (Phi) is 3.58. The van der Waals surface area contributed by atoms with Crippen molar-refractivity contribution in [2.24, 2.45) is 5.73 Å². The number of rotatable bonds is 4. The van der Waals surface area contributed by atoms with Gasteiger partial charge in [0, 0.05) is 17.3 Å². The molecule has 0 bridgehead atoms. The minimum Gasteiger partial charge on any atom is -0.384 e. The molecule has 3 N–H and O–H groups in total. The van der Waals surface area contributed by atoms with Gasteiger partial charge in [-0.05, 0) is 23.6 Å². The number of pyridine rings is 1. The zero-order valence-electron chi connectivity index (χ0n) is 11.7. The maximum Gasteiger partial charge on any atom is 0.140 e. The molecule has 0 radical (unpaired) electrons. The molecule has 0 atom stereocenters. The van der Waals surface area contributed by atoms with Gasteiger partial charge in [-0.2, -0.15) is 0 Å². The molecule has 0 saturated carbocycles. The van der Waals surface area contributed by atoms with Gasteiger partial charge in [0.2, 0.25) is 0 Å². The van der Waals surface area contributed by atoms with E-state index in [1.807, 2.05) is 48.3 Å². The Morgan fingerprint density at radius 3 is 2.81 bits per heavy atom. The van der Waals surface area contributed by atoms with Crippen LogP contribution in [0.4, 0.5) is 5.82 Å². The molecule has 3 rings (SSSR count). The van der Waals surface area contributed by atoms with Crippen molar-refractivity contribution in [3.8, 4) is 0 Å². The monoisotopic (exact) mass is 296 g/mol. The van der Waals surface area contributed by atoms with Crippen LogP contribution in [-0.2, 0) is 6.54 Å². The molecule has 21 heavy (non-hydrogen) atoms. The molecule has 0 saturated heterocycles. The molecular weight excluding hydrogens is 280 g/mol. The minimum absolute atomic E-state index is 0.0429. The van der Waals surface area contributed by atoms with Crippen molar-refractivity contribution in [1.29, 1.82) is 5.41 Å². The highest BCUT2D eigenvalue weighted by Gasteiger charge is 2.14. The highest BCUT2D eigenvalue weighted by Crippen LogP contribution is 2.24. The lowest BCUT2D eigenvalue weighted by atomic mass is 10.1. The maximum atomic E-state index is 7.81. The van der Waals surface area contributed by atoms with E-state index in [1.165, 1.54) is 4.88 Å². The Balaban J connectivity index is 2.06. The SMILES string of the molecule is CN(Cc1cccs1)c1nc2ccccc2cc1C(=N)N. The van der Waals surface area contributed by atoms with Crippen LogP contribution in [0.25, 0.3) is 10.9 Å². The highest BCUT2D eigenvalue weighted by molar-refractivity contribution is 7.09. The van der Waals surface area contributed by atoms with Crippen molar-refractivity contribution in [3.05, 3.63) is 58.3 Å². The summed E-state index contributed by atoms with van der Waals surface area (Å²) in [6.45, 7) is 0.753. The number of nitrogen functional groups attached to an aromatic ring is 1. The summed E-state index contributed by atoms with van der Waals surface area (Å²) in [5.41, 5.74) is 7.32. The molecule has 0 spiro atoms. The summed E-state index contributed by atoms with van der Waals surface area (Å²) in [5, 5.41) is 10.9. The number of nitrogens with one attached hydrogen (secondary N) is 1. The van der Waals surface area contributed by atoms with Crippen LogP contribution < -0.4 is 10.6 Å². The summed E-state index contributed by atoms with van der Waals surface area (Å²) in [6, 6.07) is 13.9. The van der Waals surface area contributed by atoms with Crippen molar-refractivity contribution in [2.45, 2.75) is 6.54 Å². The fourth-order valence-electron chi connectivity index (χ4n) is 2.31. The average molecular weight is 296 g/mol. The van der Waals surface area contributed by atoms with Crippen LogP contribution in [0.3, 0.4) is 0 Å². The molecule has 0 aliphatic rings.